The summed E-state index contributed by atoms with van der Waals surface area (Å²) in [4.78, 5) is 16.3. The third kappa shape index (κ3) is 3.38. The van der Waals surface area contributed by atoms with Gasteiger partial charge in [-0.2, -0.15) is 0 Å². The minimum atomic E-state index is -0.483. The number of hydrogen-bond donors (Lipinski definition) is 0. The van der Waals surface area contributed by atoms with Crippen molar-refractivity contribution >= 4 is 39.4 Å². The molecular formula is C22H21ClFN3O3. The maximum Gasteiger partial charge on any atom is 0.419 e. The molecule has 156 valence electrons. The first-order valence-electron chi connectivity index (χ1n) is 9.91. The topological polar surface area (TPSA) is 54.8 Å². The lowest BCUT2D eigenvalue weighted by Gasteiger charge is -2.36. The lowest BCUT2D eigenvalue weighted by atomic mass is 10.1. The summed E-state index contributed by atoms with van der Waals surface area (Å²) in [6.07, 6.45) is 2.67. The van der Waals surface area contributed by atoms with Crippen LogP contribution in [0.1, 0.15) is 5.56 Å². The van der Waals surface area contributed by atoms with Crippen LogP contribution >= 0.6 is 11.6 Å². The zero-order valence-corrected chi connectivity index (χ0v) is 17.3. The van der Waals surface area contributed by atoms with Crippen LogP contribution in [0, 0.1) is 5.82 Å². The van der Waals surface area contributed by atoms with Crippen molar-refractivity contribution < 1.29 is 13.2 Å². The first-order chi connectivity index (χ1) is 14.5. The summed E-state index contributed by atoms with van der Waals surface area (Å²) in [7, 11) is 1.59. The van der Waals surface area contributed by atoms with Crippen molar-refractivity contribution in [3.05, 3.63) is 63.5 Å². The Bertz CT molecular complexity index is 1280. The van der Waals surface area contributed by atoms with Gasteiger partial charge in [0.05, 0.1) is 17.5 Å². The molecule has 0 atom stereocenters. The molecule has 2 aromatic carbocycles. The molecule has 1 aliphatic rings. The largest absolute Gasteiger partial charge is 0.464 e. The molecule has 1 saturated heterocycles. The van der Waals surface area contributed by atoms with Gasteiger partial charge in [-0.05, 0) is 30.2 Å². The van der Waals surface area contributed by atoms with Crippen molar-refractivity contribution in [1.82, 2.24) is 9.47 Å². The van der Waals surface area contributed by atoms with Crippen molar-refractivity contribution in [3.63, 3.8) is 0 Å². The third-order valence-electron chi connectivity index (χ3n) is 5.87. The number of halogens is 2. The van der Waals surface area contributed by atoms with E-state index in [2.05, 4.69) is 9.80 Å². The molecule has 0 spiro atoms. The minimum absolute atomic E-state index is 0.373. The Kier molecular flexibility index (Phi) is 4.79. The predicted octanol–water partition coefficient (Wildman–Crippen LogP) is 4.03. The van der Waals surface area contributed by atoms with Gasteiger partial charge in [-0.1, -0.05) is 11.6 Å². The summed E-state index contributed by atoms with van der Waals surface area (Å²) < 4.78 is 26.5. The predicted molar refractivity (Wildman–Crippen MR) is 115 cm³/mol. The Hall–Kier alpha value is -2.77. The Labute approximate surface area is 177 Å². The molecule has 1 aliphatic heterocycles. The van der Waals surface area contributed by atoms with Crippen LogP contribution in [0.3, 0.4) is 0 Å². The Balaban J connectivity index is 1.28. The van der Waals surface area contributed by atoms with Gasteiger partial charge in [0, 0.05) is 62.3 Å². The highest BCUT2D eigenvalue weighted by molar-refractivity contribution is 6.31. The summed E-state index contributed by atoms with van der Waals surface area (Å²) in [6.45, 7) is 4.04. The molecule has 0 amide bonds. The number of benzene rings is 2. The quantitative estimate of drug-likeness (QED) is 0.490. The van der Waals surface area contributed by atoms with Gasteiger partial charge in [0.1, 0.15) is 11.4 Å². The lowest BCUT2D eigenvalue weighted by molar-refractivity contribution is 0.261. The normalized spacial score (nSPS) is 15.5. The van der Waals surface area contributed by atoms with Gasteiger partial charge in [-0.25, -0.2) is 9.18 Å². The molecule has 0 unspecified atom stereocenters. The monoisotopic (exact) mass is 429 g/mol. The second-order valence-corrected chi connectivity index (χ2v) is 8.12. The summed E-state index contributed by atoms with van der Waals surface area (Å²) in [5.41, 5.74) is 3.55. The molecular weight excluding hydrogens is 409 g/mol. The molecule has 1 fully saturated rings. The standard InChI is InChI=1S/C22H21ClFN3O3/c1-25-18-11-16(24)12-19(21(18)30-22(25)28)27-8-6-26(7-9-27)5-4-14-13-29-20-3-2-15(23)10-17(14)20/h2-3,10-13H,4-9H2,1H3. The Morgan fingerprint density at radius 2 is 1.93 bits per heavy atom. The maximum absolute atomic E-state index is 14.1. The second kappa shape index (κ2) is 7.49. The van der Waals surface area contributed by atoms with Crippen LogP contribution < -0.4 is 10.7 Å². The van der Waals surface area contributed by atoms with E-state index in [1.54, 1.807) is 13.3 Å². The van der Waals surface area contributed by atoms with Crippen LogP contribution in [0.4, 0.5) is 10.1 Å². The minimum Gasteiger partial charge on any atom is -0.464 e. The molecule has 0 saturated carbocycles. The number of furan rings is 1. The number of aryl methyl sites for hydroxylation is 1. The number of piperazine rings is 1. The van der Waals surface area contributed by atoms with Crippen LogP contribution in [-0.4, -0.2) is 42.2 Å². The van der Waals surface area contributed by atoms with Crippen molar-refractivity contribution in [1.29, 1.82) is 0 Å². The van der Waals surface area contributed by atoms with Crippen molar-refractivity contribution in [2.45, 2.75) is 6.42 Å². The number of rotatable bonds is 4. The van der Waals surface area contributed by atoms with E-state index in [1.807, 2.05) is 18.2 Å². The van der Waals surface area contributed by atoms with Crippen LogP contribution in [0.25, 0.3) is 22.1 Å². The highest BCUT2D eigenvalue weighted by Gasteiger charge is 2.22. The highest BCUT2D eigenvalue weighted by atomic mass is 35.5. The van der Waals surface area contributed by atoms with Crippen LogP contribution in [0.5, 0.6) is 0 Å². The molecule has 5 rings (SSSR count). The smallest absolute Gasteiger partial charge is 0.419 e. The van der Waals surface area contributed by atoms with Gasteiger partial charge in [0.15, 0.2) is 5.58 Å². The zero-order chi connectivity index (χ0) is 20.8. The van der Waals surface area contributed by atoms with Crippen LogP contribution in [0.15, 0.2) is 50.2 Å². The van der Waals surface area contributed by atoms with Crippen LogP contribution in [0.2, 0.25) is 5.02 Å². The van der Waals surface area contributed by atoms with E-state index in [0.29, 0.717) is 21.8 Å². The summed E-state index contributed by atoms with van der Waals surface area (Å²) in [5.74, 6) is -0.857. The van der Waals surface area contributed by atoms with E-state index in [4.69, 9.17) is 20.4 Å². The number of fused-ring (bicyclic) bond motifs is 2. The van der Waals surface area contributed by atoms with Gasteiger partial charge in [0.25, 0.3) is 0 Å². The molecule has 3 heterocycles. The first-order valence-corrected chi connectivity index (χ1v) is 10.3. The van der Waals surface area contributed by atoms with E-state index in [9.17, 15) is 9.18 Å². The SMILES string of the molecule is Cn1c(=O)oc2c(N3CCN(CCc4coc5ccc(Cl)cc45)CC3)cc(F)cc21. The summed E-state index contributed by atoms with van der Waals surface area (Å²) in [6, 6.07) is 8.44. The van der Waals surface area contributed by atoms with E-state index in [-0.39, 0.29) is 5.82 Å². The van der Waals surface area contributed by atoms with E-state index < -0.39 is 5.76 Å². The number of hydrogen-bond acceptors (Lipinski definition) is 5. The van der Waals surface area contributed by atoms with Gasteiger partial charge in [0.2, 0.25) is 0 Å². The third-order valence-corrected chi connectivity index (χ3v) is 6.10. The molecule has 0 radical (unpaired) electrons. The first kappa shape index (κ1) is 19.2. The van der Waals surface area contributed by atoms with E-state index >= 15 is 0 Å². The van der Waals surface area contributed by atoms with E-state index in [0.717, 1.165) is 55.7 Å². The Morgan fingerprint density at radius 3 is 2.73 bits per heavy atom. The number of oxazole rings is 1. The summed E-state index contributed by atoms with van der Waals surface area (Å²) >= 11 is 6.12. The molecule has 0 N–H and O–H groups in total. The van der Waals surface area contributed by atoms with Gasteiger partial charge in [-0.3, -0.25) is 9.47 Å². The molecule has 2 aromatic heterocycles. The fourth-order valence-electron chi connectivity index (χ4n) is 4.15. The van der Waals surface area contributed by atoms with Gasteiger partial charge < -0.3 is 13.7 Å². The molecule has 6 nitrogen and oxygen atoms in total. The number of anilines is 1. The van der Waals surface area contributed by atoms with Crippen LogP contribution in [-0.2, 0) is 13.5 Å². The Morgan fingerprint density at radius 1 is 1.13 bits per heavy atom. The zero-order valence-electron chi connectivity index (χ0n) is 16.5. The average Bonchev–Trinajstić information content (AvgIpc) is 3.27. The molecule has 0 aliphatic carbocycles. The molecule has 4 aromatic rings. The van der Waals surface area contributed by atoms with Gasteiger partial charge >= 0.3 is 5.76 Å². The second-order valence-electron chi connectivity index (χ2n) is 7.68. The maximum atomic E-state index is 14.1. The number of aromatic nitrogens is 1. The average molecular weight is 430 g/mol. The fourth-order valence-corrected chi connectivity index (χ4v) is 4.32. The molecule has 8 heteroatoms. The van der Waals surface area contributed by atoms with Crippen molar-refractivity contribution in [3.8, 4) is 0 Å². The highest BCUT2D eigenvalue weighted by Crippen LogP contribution is 2.29. The summed E-state index contributed by atoms with van der Waals surface area (Å²) in [5, 5.41) is 1.76. The lowest BCUT2D eigenvalue weighted by Crippen LogP contribution is -2.47. The molecule has 0 bridgehead atoms. The number of nitrogens with zero attached hydrogens (tertiary/aromatic N) is 3. The fraction of sp³-hybridized carbons (Fsp3) is 0.318. The van der Waals surface area contributed by atoms with E-state index in [1.165, 1.54) is 16.7 Å². The van der Waals surface area contributed by atoms with Crippen molar-refractivity contribution in [2.75, 3.05) is 37.6 Å². The van der Waals surface area contributed by atoms with Crippen molar-refractivity contribution in [2.24, 2.45) is 7.05 Å². The molecule has 30 heavy (non-hydrogen) atoms. The van der Waals surface area contributed by atoms with Gasteiger partial charge in [-0.15, -0.1) is 0 Å².